The second-order valence-electron chi connectivity index (χ2n) is 3.41. The maximum atomic E-state index is 11.0. The Kier molecular flexibility index (Phi) is 5.06. The SMILES string of the molecule is C=CC(=Cc1ccccc1)CCC(=O)OC. The molecule has 0 aliphatic rings. The molecule has 0 N–H and O–H groups in total. The Morgan fingerprint density at radius 2 is 2.00 bits per heavy atom. The van der Waals surface area contributed by atoms with E-state index in [9.17, 15) is 4.79 Å². The Balaban J connectivity index is 2.64. The molecule has 0 atom stereocenters. The lowest BCUT2D eigenvalue weighted by Gasteiger charge is -2.01. The number of carbonyl (C=O) groups excluding carboxylic acids is 1. The van der Waals surface area contributed by atoms with Crippen molar-refractivity contribution in [1.82, 2.24) is 0 Å². The number of esters is 1. The van der Waals surface area contributed by atoms with Crippen LogP contribution in [0.1, 0.15) is 18.4 Å². The first-order valence-corrected chi connectivity index (χ1v) is 5.21. The Morgan fingerprint density at radius 3 is 2.56 bits per heavy atom. The predicted octanol–water partition coefficient (Wildman–Crippen LogP) is 3.21. The van der Waals surface area contributed by atoms with Crippen LogP contribution in [0, 0.1) is 0 Å². The van der Waals surface area contributed by atoms with Gasteiger partial charge in [-0.2, -0.15) is 0 Å². The molecule has 0 saturated heterocycles. The predicted molar refractivity (Wildman–Crippen MR) is 65.9 cm³/mol. The van der Waals surface area contributed by atoms with E-state index in [1.54, 1.807) is 6.08 Å². The van der Waals surface area contributed by atoms with Crippen LogP contribution >= 0.6 is 0 Å². The molecule has 0 saturated carbocycles. The standard InChI is InChI=1S/C14H16O2/c1-3-12(9-10-14(15)16-2)11-13-7-5-4-6-8-13/h3-8,11H,1,9-10H2,2H3. The van der Waals surface area contributed by atoms with Crippen LogP contribution in [0.4, 0.5) is 0 Å². The van der Waals surface area contributed by atoms with Gasteiger partial charge in [0.1, 0.15) is 0 Å². The van der Waals surface area contributed by atoms with Crippen molar-refractivity contribution in [3.63, 3.8) is 0 Å². The van der Waals surface area contributed by atoms with Crippen molar-refractivity contribution in [2.24, 2.45) is 0 Å². The Labute approximate surface area is 96.2 Å². The Morgan fingerprint density at radius 1 is 1.31 bits per heavy atom. The highest BCUT2D eigenvalue weighted by Crippen LogP contribution is 2.12. The fourth-order valence-corrected chi connectivity index (χ4v) is 1.34. The fraction of sp³-hybridized carbons (Fsp3) is 0.214. The van der Waals surface area contributed by atoms with Gasteiger partial charge in [-0.15, -0.1) is 0 Å². The second kappa shape index (κ2) is 6.62. The third-order valence-corrected chi connectivity index (χ3v) is 2.26. The van der Waals surface area contributed by atoms with Crippen molar-refractivity contribution in [3.05, 3.63) is 54.1 Å². The van der Waals surface area contributed by atoms with Crippen LogP contribution in [0.25, 0.3) is 6.08 Å². The molecule has 0 aromatic heterocycles. The topological polar surface area (TPSA) is 26.3 Å². The van der Waals surface area contributed by atoms with Crippen molar-refractivity contribution < 1.29 is 9.53 Å². The van der Waals surface area contributed by atoms with Gasteiger partial charge in [0.25, 0.3) is 0 Å². The third kappa shape index (κ3) is 4.13. The van der Waals surface area contributed by atoms with Crippen molar-refractivity contribution in [3.8, 4) is 0 Å². The summed E-state index contributed by atoms with van der Waals surface area (Å²) in [4.78, 5) is 11.0. The maximum absolute atomic E-state index is 11.0. The van der Waals surface area contributed by atoms with E-state index in [-0.39, 0.29) is 5.97 Å². The highest BCUT2D eigenvalue weighted by atomic mass is 16.5. The molecule has 16 heavy (non-hydrogen) atoms. The molecule has 1 aromatic carbocycles. The number of hydrogen-bond acceptors (Lipinski definition) is 2. The van der Waals surface area contributed by atoms with E-state index in [0.717, 1.165) is 11.1 Å². The molecule has 0 amide bonds. The summed E-state index contributed by atoms with van der Waals surface area (Å²) in [5, 5.41) is 0. The summed E-state index contributed by atoms with van der Waals surface area (Å²) < 4.78 is 4.59. The van der Waals surface area contributed by atoms with Gasteiger partial charge in [-0.25, -0.2) is 0 Å². The molecule has 0 aliphatic heterocycles. The third-order valence-electron chi connectivity index (χ3n) is 2.26. The zero-order valence-electron chi connectivity index (χ0n) is 9.48. The average Bonchev–Trinajstić information content (AvgIpc) is 2.35. The number of benzene rings is 1. The number of hydrogen-bond donors (Lipinski definition) is 0. The molecule has 0 aliphatic carbocycles. The van der Waals surface area contributed by atoms with Gasteiger partial charge in [0.15, 0.2) is 0 Å². The van der Waals surface area contributed by atoms with Gasteiger partial charge in [-0.3, -0.25) is 4.79 Å². The van der Waals surface area contributed by atoms with Gasteiger partial charge in [-0.05, 0) is 17.6 Å². The van der Waals surface area contributed by atoms with Crippen LogP contribution in [-0.2, 0) is 9.53 Å². The van der Waals surface area contributed by atoms with E-state index < -0.39 is 0 Å². The van der Waals surface area contributed by atoms with Gasteiger partial charge in [0.2, 0.25) is 0 Å². The summed E-state index contributed by atoms with van der Waals surface area (Å²) in [6.45, 7) is 3.74. The molecule has 84 valence electrons. The molecule has 0 radical (unpaired) electrons. The Hall–Kier alpha value is -1.83. The van der Waals surface area contributed by atoms with Crippen molar-refractivity contribution in [2.45, 2.75) is 12.8 Å². The largest absolute Gasteiger partial charge is 0.469 e. The minimum absolute atomic E-state index is 0.194. The van der Waals surface area contributed by atoms with Gasteiger partial charge in [-0.1, -0.05) is 49.1 Å². The van der Waals surface area contributed by atoms with Gasteiger partial charge in [0.05, 0.1) is 7.11 Å². The van der Waals surface area contributed by atoms with Gasteiger partial charge >= 0.3 is 5.97 Å². The average molecular weight is 216 g/mol. The number of rotatable bonds is 5. The highest BCUT2D eigenvalue weighted by molar-refractivity contribution is 5.70. The van der Waals surface area contributed by atoms with Crippen LogP contribution in [0.2, 0.25) is 0 Å². The lowest BCUT2D eigenvalue weighted by Crippen LogP contribution is -1.99. The molecule has 2 heteroatoms. The molecule has 0 heterocycles. The van der Waals surface area contributed by atoms with Crippen LogP contribution < -0.4 is 0 Å². The van der Waals surface area contributed by atoms with Crippen LogP contribution in [0.5, 0.6) is 0 Å². The zero-order chi connectivity index (χ0) is 11.8. The molecule has 2 nitrogen and oxygen atoms in total. The monoisotopic (exact) mass is 216 g/mol. The fourth-order valence-electron chi connectivity index (χ4n) is 1.34. The summed E-state index contributed by atoms with van der Waals surface area (Å²) in [6.07, 6.45) is 4.85. The second-order valence-corrected chi connectivity index (χ2v) is 3.41. The van der Waals surface area contributed by atoms with E-state index in [1.165, 1.54) is 7.11 Å². The minimum atomic E-state index is -0.194. The van der Waals surface area contributed by atoms with Crippen LogP contribution in [-0.4, -0.2) is 13.1 Å². The molecule has 1 rings (SSSR count). The van der Waals surface area contributed by atoms with Crippen molar-refractivity contribution >= 4 is 12.0 Å². The first-order chi connectivity index (χ1) is 7.76. The zero-order valence-corrected chi connectivity index (χ0v) is 9.48. The van der Waals surface area contributed by atoms with Crippen LogP contribution in [0.15, 0.2) is 48.6 Å². The molecular weight excluding hydrogens is 200 g/mol. The van der Waals surface area contributed by atoms with E-state index in [4.69, 9.17) is 0 Å². The van der Waals surface area contributed by atoms with Crippen molar-refractivity contribution in [1.29, 1.82) is 0 Å². The summed E-state index contributed by atoms with van der Waals surface area (Å²) in [5.41, 5.74) is 2.15. The quantitative estimate of drug-likeness (QED) is 0.558. The molecule has 0 bridgehead atoms. The van der Waals surface area contributed by atoms with E-state index >= 15 is 0 Å². The normalized spacial score (nSPS) is 10.9. The van der Waals surface area contributed by atoms with E-state index in [1.807, 2.05) is 36.4 Å². The van der Waals surface area contributed by atoms with Crippen molar-refractivity contribution in [2.75, 3.05) is 7.11 Å². The first kappa shape index (κ1) is 12.2. The summed E-state index contributed by atoms with van der Waals surface area (Å²) in [6, 6.07) is 9.96. The maximum Gasteiger partial charge on any atom is 0.305 e. The minimum Gasteiger partial charge on any atom is -0.469 e. The van der Waals surface area contributed by atoms with E-state index in [2.05, 4.69) is 11.3 Å². The highest BCUT2D eigenvalue weighted by Gasteiger charge is 2.01. The van der Waals surface area contributed by atoms with Gasteiger partial charge in [0, 0.05) is 6.42 Å². The lowest BCUT2D eigenvalue weighted by molar-refractivity contribution is -0.140. The lowest BCUT2D eigenvalue weighted by atomic mass is 10.1. The number of methoxy groups -OCH3 is 1. The molecule has 0 unspecified atom stereocenters. The smallest absolute Gasteiger partial charge is 0.305 e. The number of allylic oxidation sites excluding steroid dienone is 2. The number of ether oxygens (including phenoxy) is 1. The summed E-state index contributed by atoms with van der Waals surface area (Å²) in [5.74, 6) is -0.194. The Bertz CT molecular complexity index is 377. The first-order valence-electron chi connectivity index (χ1n) is 5.21. The molecular formula is C14H16O2. The molecule has 1 aromatic rings. The molecule has 0 spiro atoms. The molecule has 0 fully saturated rings. The van der Waals surface area contributed by atoms with Crippen LogP contribution in [0.3, 0.4) is 0 Å². The van der Waals surface area contributed by atoms with Gasteiger partial charge < -0.3 is 4.74 Å². The number of carbonyl (C=O) groups is 1. The summed E-state index contributed by atoms with van der Waals surface area (Å²) >= 11 is 0. The van der Waals surface area contributed by atoms with E-state index in [0.29, 0.717) is 12.8 Å². The summed E-state index contributed by atoms with van der Waals surface area (Å²) in [7, 11) is 1.40.